The summed E-state index contributed by atoms with van der Waals surface area (Å²) in [6.45, 7) is 0.785. The zero-order valence-corrected chi connectivity index (χ0v) is 14.5. The molecule has 1 aromatic carbocycles. The summed E-state index contributed by atoms with van der Waals surface area (Å²) in [6.07, 6.45) is 1.12. The van der Waals surface area contributed by atoms with E-state index in [2.05, 4.69) is 0 Å². The van der Waals surface area contributed by atoms with Crippen LogP contribution in [0.25, 0.3) is 0 Å². The number of hydrogen-bond donors (Lipinski definition) is 0. The van der Waals surface area contributed by atoms with Gasteiger partial charge in [0.05, 0.1) is 4.34 Å². The Hall–Kier alpha value is -1.15. The Balaban J connectivity index is 1.61. The van der Waals surface area contributed by atoms with E-state index in [1.165, 1.54) is 22.5 Å². The van der Waals surface area contributed by atoms with Crippen LogP contribution in [0.3, 0.4) is 0 Å². The molecule has 0 bridgehead atoms. The van der Waals surface area contributed by atoms with E-state index in [9.17, 15) is 12.8 Å². The molecule has 2 heterocycles. The molecule has 1 aromatic heterocycles. The van der Waals surface area contributed by atoms with E-state index in [-0.39, 0.29) is 16.1 Å². The molecule has 0 radical (unpaired) electrons. The van der Waals surface area contributed by atoms with E-state index in [0.29, 0.717) is 36.0 Å². The number of piperidine rings is 1. The lowest BCUT2D eigenvalue weighted by Gasteiger charge is -2.31. The highest BCUT2D eigenvalue weighted by Gasteiger charge is 2.31. The van der Waals surface area contributed by atoms with Crippen LogP contribution in [0, 0.1) is 5.82 Å². The number of rotatable bonds is 4. The van der Waals surface area contributed by atoms with Crippen molar-refractivity contribution < 1.29 is 17.5 Å². The third kappa shape index (κ3) is 3.85. The molecule has 0 aliphatic carbocycles. The summed E-state index contributed by atoms with van der Waals surface area (Å²) in [5.41, 5.74) is 0. The summed E-state index contributed by atoms with van der Waals surface area (Å²) >= 11 is 6.88. The van der Waals surface area contributed by atoms with Crippen molar-refractivity contribution in [1.29, 1.82) is 0 Å². The normalized spacial score (nSPS) is 17.3. The third-order valence-corrected chi connectivity index (χ3v) is 7.26. The van der Waals surface area contributed by atoms with Crippen LogP contribution >= 0.6 is 22.9 Å². The molecule has 3 rings (SSSR count). The van der Waals surface area contributed by atoms with E-state index in [1.54, 1.807) is 18.2 Å². The maximum Gasteiger partial charge on any atom is 0.252 e. The van der Waals surface area contributed by atoms with Crippen LogP contribution in [0.4, 0.5) is 4.39 Å². The highest BCUT2D eigenvalue weighted by molar-refractivity contribution is 7.91. The Bertz CT molecular complexity index is 768. The number of halogens is 2. The summed E-state index contributed by atoms with van der Waals surface area (Å²) in [5, 5.41) is 0. The predicted molar refractivity (Wildman–Crippen MR) is 88.1 cm³/mol. The Morgan fingerprint density at radius 1 is 1.13 bits per heavy atom. The van der Waals surface area contributed by atoms with Gasteiger partial charge in [0.25, 0.3) is 10.0 Å². The van der Waals surface area contributed by atoms with E-state index in [0.717, 1.165) is 11.3 Å². The molecule has 1 aliphatic heterocycles. The number of hydrogen-bond acceptors (Lipinski definition) is 4. The average molecular weight is 376 g/mol. The second-order valence-corrected chi connectivity index (χ2v) is 9.11. The van der Waals surface area contributed by atoms with Gasteiger partial charge in [0.2, 0.25) is 0 Å². The van der Waals surface area contributed by atoms with Gasteiger partial charge in [0.15, 0.2) is 0 Å². The van der Waals surface area contributed by atoms with Crippen molar-refractivity contribution in [2.24, 2.45) is 0 Å². The number of ether oxygens (including phenoxy) is 1. The maximum atomic E-state index is 12.9. The molecule has 0 saturated carbocycles. The zero-order chi connectivity index (χ0) is 16.4. The summed E-state index contributed by atoms with van der Waals surface area (Å²) in [5.74, 6) is 0.283. The molecule has 1 aliphatic rings. The van der Waals surface area contributed by atoms with E-state index < -0.39 is 10.0 Å². The topological polar surface area (TPSA) is 46.6 Å². The van der Waals surface area contributed by atoms with Crippen LogP contribution in [0.1, 0.15) is 12.8 Å². The lowest BCUT2D eigenvalue weighted by atomic mass is 10.1. The van der Waals surface area contributed by atoms with Gasteiger partial charge in [0.1, 0.15) is 21.9 Å². The SMILES string of the molecule is O=S(=O)(c1ccc(Cl)s1)N1CCC(Oc2ccc(F)cc2)CC1. The van der Waals surface area contributed by atoms with Crippen LogP contribution in [0.2, 0.25) is 4.34 Å². The van der Waals surface area contributed by atoms with Gasteiger partial charge < -0.3 is 4.74 Å². The van der Waals surface area contributed by atoms with Gasteiger partial charge in [-0.05, 0) is 49.2 Å². The maximum absolute atomic E-state index is 12.9. The van der Waals surface area contributed by atoms with Crippen LogP contribution in [-0.2, 0) is 10.0 Å². The first kappa shape index (κ1) is 16.7. The number of thiophene rings is 1. The summed E-state index contributed by atoms with van der Waals surface area (Å²) in [4.78, 5) is 0. The van der Waals surface area contributed by atoms with Crippen molar-refractivity contribution in [3.05, 3.63) is 46.6 Å². The van der Waals surface area contributed by atoms with Gasteiger partial charge in [-0.25, -0.2) is 12.8 Å². The van der Waals surface area contributed by atoms with Gasteiger partial charge in [-0.1, -0.05) is 11.6 Å². The highest BCUT2D eigenvalue weighted by Crippen LogP contribution is 2.30. The number of sulfonamides is 1. The van der Waals surface area contributed by atoms with Crippen molar-refractivity contribution >= 4 is 33.0 Å². The molecule has 2 aromatic rings. The van der Waals surface area contributed by atoms with Crippen LogP contribution in [-0.4, -0.2) is 31.9 Å². The fourth-order valence-electron chi connectivity index (χ4n) is 2.46. The molecule has 0 spiro atoms. The second-order valence-electron chi connectivity index (χ2n) is 5.23. The van der Waals surface area contributed by atoms with Gasteiger partial charge in [-0.2, -0.15) is 4.31 Å². The standard InChI is InChI=1S/C15H15ClFNO3S2/c16-14-5-6-15(22-14)23(19,20)18-9-7-13(8-10-18)21-12-3-1-11(17)2-4-12/h1-6,13H,7-10H2. The fourth-order valence-corrected chi connectivity index (χ4v) is 5.57. The fraction of sp³-hybridized carbons (Fsp3) is 0.333. The summed E-state index contributed by atoms with van der Waals surface area (Å²) in [6, 6.07) is 8.95. The minimum absolute atomic E-state index is 0.0705. The third-order valence-electron chi connectivity index (χ3n) is 3.66. The molecule has 1 fully saturated rings. The molecule has 23 heavy (non-hydrogen) atoms. The van der Waals surface area contributed by atoms with E-state index in [4.69, 9.17) is 16.3 Å². The van der Waals surface area contributed by atoms with Crippen LogP contribution in [0.5, 0.6) is 5.75 Å². The Morgan fingerprint density at radius 3 is 2.35 bits per heavy atom. The van der Waals surface area contributed by atoms with Crippen molar-refractivity contribution in [2.75, 3.05) is 13.1 Å². The Kier molecular flexibility index (Phi) is 4.91. The van der Waals surface area contributed by atoms with Crippen LogP contribution < -0.4 is 4.74 Å². The van der Waals surface area contributed by atoms with Gasteiger partial charge >= 0.3 is 0 Å². The lowest BCUT2D eigenvalue weighted by molar-refractivity contribution is 0.135. The summed E-state index contributed by atoms with van der Waals surface area (Å²) in [7, 11) is -3.48. The van der Waals surface area contributed by atoms with Crippen molar-refractivity contribution in [3.63, 3.8) is 0 Å². The van der Waals surface area contributed by atoms with Crippen molar-refractivity contribution in [1.82, 2.24) is 4.31 Å². The molecule has 4 nitrogen and oxygen atoms in total. The van der Waals surface area contributed by atoms with E-state index in [1.807, 2.05) is 0 Å². The zero-order valence-electron chi connectivity index (χ0n) is 12.1. The average Bonchev–Trinajstić information content (AvgIpc) is 2.98. The first-order valence-corrected chi connectivity index (χ1v) is 9.76. The smallest absolute Gasteiger partial charge is 0.252 e. The highest BCUT2D eigenvalue weighted by atomic mass is 35.5. The van der Waals surface area contributed by atoms with Crippen molar-refractivity contribution in [2.45, 2.75) is 23.2 Å². The molecule has 0 N–H and O–H groups in total. The molecule has 0 amide bonds. The Labute approximate surface area is 143 Å². The van der Waals surface area contributed by atoms with Crippen molar-refractivity contribution in [3.8, 4) is 5.75 Å². The molecular formula is C15H15ClFNO3S2. The summed E-state index contributed by atoms with van der Waals surface area (Å²) < 4.78 is 45.8. The monoisotopic (exact) mass is 375 g/mol. The van der Waals surface area contributed by atoms with Gasteiger partial charge in [-0.3, -0.25) is 0 Å². The second kappa shape index (κ2) is 6.76. The van der Waals surface area contributed by atoms with Gasteiger partial charge in [0, 0.05) is 13.1 Å². The van der Waals surface area contributed by atoms with Crippen LogP contribution in [0.15, 0.2) is 40.6 Å². The lowest BCUT2D eigenvalue weighted by Crippen LogP contribution is -2.41. The minimum atomic E-state index is -3.48. The quantitative estimate of drug-likeness (QED) is 0.817. The Morgan fingerprint density at radius 2 is 1.78 bits per heavy atom. The van der Waals surface area contributed by atoms with E-state index >= 15 is 0 Å². The first-order chi connectivity index (χ1) is 10.9. The molecule has 124 valence electrons. The first-order valence-electron chi connectivity index (χ1n) is 7.13. The van der Waals surface area contributed by atoms with Gasteiger partial charge in [-0.15, -0.1) is 11.3 Å². The predicted octanol–water partition coefficient (Wildman–Crippen LogP) is 3.77. The molecule has 8 heteroatoms. The molecular weight excluding hydrogens is 361 g/mol. The molecule has 0 atom stereocenters. The number of nitrogens with zero attached hydrogens (tertiary/aromatic N) is 1. The largest absolute Gasteiger partial charge is 0.490 e. The minimum Gasteiger partial charge on any atom is -0.490 e. The molecule has 1 saturated heterocycles. The number of benzene rings is 1. The molecule has 0 unspecified atom stereocenters.